The van der Waals surface area contributed by atoms with Crippen LogP contribution in [0.2, 0.25) is 10.0 Å². The predicted molar refractivity (Wildman–Crippen MR) is 89.1 cm³/mol. The number of rotatable bonds is 4. The molecule has 1 fully saturated rings. The first-order valence-electron chi connectivity index (χ1n) is 7.04. The largest absolute Gasteiger partial charge is 0.349 e. The van der Waals surface area contributed by atoms with Gasteiger partial charge in [-0.25, -0.2) is 0 Å². The zero-order valence-electron chi connectivity index (χ0n) is 12.0. The molecule has 0 saturated heterocycles. The first-order valence-corrected chi connectivity index (χ1v) is 7.80. The molecule has 0 atom stereocenters. The molecule has 118 valence electrons. The molecule has 1 aromatic heterocycles. The van der Waals surface area contributed by atoms with Crippen molar-refractivity contribution in [1.29, 1.82) is 0 Å². The summed E-state index contributed by atoms with van der Waals surface area (Å²) in [6.45, 7) is 0. The third-order valence-electron chi connectivity index (χ3n) is 3.30. The van der Waals surface area contributed by atoms with Gasteiger partial charge >= 0.3 is 0 Å². The van der Waals surface area contributed by atoms with Gasteiger partial charge in [0.25, 0.3) is 11.8 Å². The molecule has 0 radical (unpaired) electrons. The van der Waals surface area contributed by atoms with Gasteiger partial charge in [0, 0.05) is 34.2 Å². The highest BCUT2D eigenvalue weighted by atomic mass is 35.5. The fraction of sp³-hybridized carbons (Fsp3) is 0.188. The minimum atomic E-state index is -0.392. The van der Waals surface area contributed by atoms with E-state index < -0.39 is 5.91 Å². The van der Waals surface area contributed by atoms with E-state index in [1.165, 1.54) is 18.5 Å². The van der Waals surface area contributed by atoms with Crippen LogP contribution in [0.5, 0.6) is 0 Å². The fourth-order valence-corrected chi connectivity index (χ4v) is 2.54. The lowest BCUT2D eigenvalue weighted by molar-refractivity contribution is 0.0950. The molecule has 1 heterocycles. The lowest BCUT2D eigenvalue weighted by atomic mass is 10.2. The van der Waals surface area contributed by atoms with Gasteiger partial charge in [-0.1, -0.05) is 23.2 Å². The molecule has 1 aliphatic rings. The molecule has 7 heteroatoms. The van der Waals surface area contributed by atoms with Crippen LogP contribution in [0, 0.1) is 0 Å². The third kappa shape index (κ3) is 4.21. The summed E-state index contributed by atoms with van der Waals surface area (Å²) in [6.07, 6.45) is 4.82. The summed E-state index contributed by atoms with van der Waals surface area (Å²) in [5, 5.41) is 6.37. The fourth-order valence-electron chi connectivity index (χ4n) is 2.01. The molecule has 1 saturated carbocycles. The van der Waals surface area contributed by atoms with Crippen LogP contribution in [-0.2, 0) is 0 Å². The molecule has 2 N–H and O–H groups in total. The predicted octanol–water partition coefficient (Wildman–Crippen LogP) is 3.53. The van der Waals surface area contributed by atoms with Gasteiger partial charge < -0.3 is 10.6 Å². The number of benzene rings is 1. The van der Waals surface area contributed by atoms with Crippen LogP contribution in [-0.4, -0.2) is 22.8 Å². The van der Waals surface area contributed by atoms with E-state index in [4.69, 9.17) is 23.2 Å². The van der Waals surface area contributed by atoms with Crippen molar-refractivity contribution in [2.45, 2.75) is 18.9 Å². The molecule has 1 aliphatic carbocycles. The number of halogens is 2. The van der Waals surface area contributed by atoms with E-state index in [9.17, 15) is 9.59 Å². The Hall–Kier alpha value is -2.11. The van der Waals surface area contributed by atoms with Crippen LogP contribution in [0.25, 0.3) is 0 Å². The lowest BCUT2D eigenvalue weighted by Gasteiger charge is -2.08. The monoisotopic (exact) mass is 349 g/mol. The van der Waals surface area contributed by atoms with Crippen molar-refractivity contribution < 1.29 is 9.59 Å². The summed E-state index contributed by atoms with van der Waals surface area (Å²) in [7, 11) is 0. The van der Waals surface area contributed by atoms with Gasteiger partial charge in [-0.3, -0.25) is 14.6 Å². The summed E-state index contributed by atoms with van der Waals surface area (Å²) >= 11 is 11.8. The van der Waals surface area contributed by atoms with Crippen LogP contribution < -0.4 is 10.6 Å². The molecule has 3 rings (SSSR count). The van der Waals surface area contributed by atoms with E-state index in [0.29, 0.717) is 21.3 Å². The van der Waals surface area contributed by atoms with Crippen molar-refractivity contribution >= 4 is 40.7 Å². The van der Waals surface area contributed by atoms with Gasteiger partial charge in [0.05, 0.1) is 11.1 Å². The Labute approximate surface area is 143 Å². The second-order valence-electron chi connectivity index (χ2n) is 5.32. The maximum Gasteiger partial charge on any atom is 0.257 e. The Morgan fingerprint density at radius 1 is 0.957 bits per heavy atom. The zero-order valence-corrected chi connectivity index (χ0v) is 13.5. The second-order valence-corrected chi connectivity index (χ2v) is 6.20. The molecule has 1 aromatic carbocycles. The van der Waals surface area contributed by atoms with Gasteiger partial charge in [0.15, 0.2) is 0 Å². The third-order valence-corrected chi connectivity index (χ3v) is 3.73. The maximum atomic E-state index is 12.3. The SMILES string of the molecule is O=C(Nc1cc(Cl)cc(Cl)c1)c1cncc(C(=O)NC2CC2)c1. The summed E-state index contributed by atoms with van der Waals surface area (Å²) in [6, 6.07) is 6.49. The normalized spacial score (nSPS) is 13.5. The van der Waals surface area contributed by atoms with Crippen molar-refractivity contribution in [3.63, 3.8) is 0 Å². The number of carbonyl (C=O) groups excluding carboxylic acids is 2. The minimum Gasteiger partial charge on any atom is -0.349 e. The molecule has 2 amide bonds. The Kier molecular flexibility index (Phi) is 4.50. The molecule has 0 bridgehead atoms. The molecule has 0 unspecified atom stereocenters. The van der Waals surface area contributed by atoms with Crippen molar-refractivity contribution in [3.05, 3.63) is 57.8 Å². The molecule has 0 aliphatic heterocycles. The van der Waals surface area contributed by atoms with E-state index in [-0.39, 0.29) is 17.5 Å². The van der Waals surface area contributed by atoms with Crippen molar-refractivity contribution in [2.24, 2.45) is 0 Å². The van der Waals surface area contributed by atoms with E-state index in [2.05, 4.69) is 15.6 Å². The van der Waals surface area contributed by atoms with Crippen LogP contribution in [0.15, 0.2) is 36.7 Å². The zero-order chi connectivity index (χ0) is 16.4. The van der Waals surface area contributed by atoms with E-state index in [1.807, 2.05) is 0 Å². The summed E-state index contributed by atoms with van der Waals surface area (Å²) in [5.74, 6) is -0.614. The Morgan fingerprint density at radius 3 is 2.17 bits per heavy atom. The highest BCUT2D eigenvalue weighted by Gasteiger charge is 2.24. The van der Waals surface area contributed by atoms with E-state index >= 15 is 0 Å². The van der Waals surface area contributed by atoms with Crippen molar-refractivity contribution in [2.75, 3.05) is 5.32 Å². The van der Waals surface area contributed by atoms with E-state index in [1.54, 1.807) is 18.2 Å². The van der Waals surface area contributed by atoms with Gasteiger partial charge in [-0.2, -0.15) is 0 Å². The molecule has 2 aromatic rings. The number of aromatic nitrogens is 1. The molecular weight excluding hydrogens is 337 g/mol. The molecule has 5 nitrogen and oxygen atoms in total. The average Bonchev–Trinajstić information content (AvgIpc) is 3.30. The average molecular weight is 350 g/mol. The minimum absolute atomic E-state index is 0.222. The number of pyridine rings is 1. The van der Waals surface area contributed by atoms with Gasteiger partial charge in [-0.15, -0.1) is 0 Å². The van der Waals surface area contributed by atoms with Crippen LogP contribution >= 0.6 is 23.2 Å². The standard InChI is InChI=1S/C16H13Cl2N3O2/c17-11-4-12(18)6-14(5-11)21-16(23)10-3-9(7-19-8-10)15(22)20-13-1-2-13/h3-8,13H,1-2H2,(H,20,22)(H,21,23). The number of hydrogen-bond acceptors (Lipinski definition) is 3. The quantitative estimate of drug-likeness (QED) is 0.886. The van der Waals surface area contributed by atoms with Gasteiger partial charge in [0.1, 0.15) is 0 Å². The highest BCUT2D eigenvalue weighted by Crippen LogP contribution is 2.23. The summed E-state index contributed by atoms with van der Waals surface area (Å²) in [4.78, 5) is 28.2. The number of nitrogens with zero attached hydrogens (tertiary/aromatic N) is 1. The van der Waals surface area contributed by atoms with Crippen LogP contribution in [0.3, 0.4) is 0 Å². The first-order chi connectivity index (χ1) is 11.0. The topological polar surface area (TPSA) is 71.1 Å². The van der Waals surface area contributed by atoms with Crippen molar-refractivity contribution in [3.8, 4) is 0 Å². The Balaban J connectivity index is 1.75. The Morgan fingerprint density at radius 2 is 1.57 bits per heavy atom. The van der Waals surface area contributed by atoms with Crippen LogP contribution in [0.4, 0.5) is 5.69 Å². The number of amides is 2. The summed E-state index contributed by atoms with van der Waals surface area (Å²) < 4.78 is 0. The smallest absolute Gasteiger partial charge is 0.257 e. The van der Waals surface area contributed by atoms with Gasteiger partial charge in [-0.05, 0) is 37.1 Å². The first kappa shape index (κ1) is 15.8. The van der Waals surface area contributed by atoms with Crippen molar-refractivity contribution in [1.82, 2.24) is 10.3 Å². The maximum absolute atomic E-state index is 12.3. The lowest BCUT2D eigenvalue weighted by Crippen LogP contribution is -2.26. The summed E-state index contributed by atoms with van der Waals surface area (Å²) in [5.41, 5.74) is 1.11. The number of nitrogens with one attached hydrogen (secondary N) is 2. The molecular formula is C16H13Cl2N3O2. The number of hydrogen-bond donors (Lipinski definition) is 2. The van der Waals surface area contributed by atoms with E-state index in [0.717, 1.165) is 12.8 Å². The highest BCUT2D eigenvalue weighted by molar-refractivity contribution is 6.35. The molecule has 23 heavy (non-hydrogen) atoms. The Bertz CT molecular complexity index is 755. The number of carbonyl (C=O) groups is 2. The molecule has 0 spiro atoms. The van der Waals surface area contributed by atoms with Crippen LogP contribution in [0.1, 0.15) is 33.6 Å². The van der Waals surface area contributed by atoms with Gasteiger partial charge in [0.2, 0.25) is 0 Å². The second kappa shape index (κ2) is 6.56. The number of anilines is 1.